The predicted octanol–water partition coefficient (Wildman–Crippen LogP) is 1.26. The normalized spacial score (nSPS) is 11.9. The molecule has 4 nitrogen and oxygen atoms in total. The van der Waals surface area contributed by atoms with E-state index in [9.17, 15) is 4.79 Å². The fourth-order valence-corrected chi connectivity index (χ4v) is 1.26. The fraction of sp³-hybridized carbons (Fsp3) is 0.400. The molecule has 1 unspecified atom stereocenters. The molecule has 0 saturated heterocycles. The number of nitrogens with zero attached hydrogens (tertiary/aromatic N) is 2. The van der Waals surface area contributed by atoms with Crippen LogP contribution in [-0.4, -0.2) is 15.8 Å². The molecule has 5 heteroatoms. The zero-order valence-electron chi connectivity index (χ0n) is 8.62. The van der Waals surface area contributed by atoms with E-state index in [4.69, 9.17) is 18.0 Å². The molecule has 80 valence electrons. The highest BCUT2D eigenvalue weighted by Gasteiger charge is 2.07. The Bertz CT molecular complexity index is 447. The summed E-state index contributed by atoms with van der Waals surface area (Å²) in [6, 6.07) is 1.27. The van der Waals surface area contributed by atoms with Crippen LogP contribution in [-0.2, 0) is 7.05 Å². The average Bonchev–Trinajstić information content (AvgIpc) is 2.21. The van der Waals surface area contributed by atoms with Gasteiger partial charge in [0.15, 0.2) is 5.15 Å². The molecule has 1 N–H and O–H groups in total. The summed E-state index contributed by atoms with van der Waals surface area (Å²) in [5.41, 5.74) is -0.316. The van der Waals surface area contributed by atoms with E-state index in [1.807, 2.05) is 6.92 Å². The summed E-state index contributed by atoms with van der Waals surface area (Å²) in [5, 5.41) is 6.81. The second-order valence-corrected chi connectivity index (χ2v) is 3.44. The summed E-state index contributed by atoms with van der Waals surface area (Å²) in [7, 11) is 1.69. The first-order chi connectivity index (χ1) is 7.08. The second kappa shape index (κ2) is 4.85. The zero-order chi connectivity index (χ0) is 11.4. The maximum atomic E-state index is 11.3. The van der Waals surface area contributed by atoms with Crippen LogP contribution in [0, 0.1) is 12.3 Å². The summed E-state index contributed by atoms with van der Waals surface area (Å²) in [4.78, 5) is 11.3. The molecule has 1 aromatic rings. The first kappa shape index (κ1) is 11.6. The Hall–Kier alpha value is -1.47. The lowest BCUT2D eigenvalue weighted by molar-refractivity contribution is 0.723. The van der Waals surface area contributed by atoms with Crippen LogP contribution in [0.2, 0.25) is 5.15 Å². The minimum Gasteiger partial charge on any atom is -0.357 e. The van der Waals surface area contributed by atoms with Crippen LogP contribution in [0.1, 0.15) is 13.3 Å². The summed E-state index contributed by atoms with van der Waals surface area (Å²) in [5.74, 6) is 3.14. The molecule has 0 aromatic carbocycles. The Morgan fingerprint density at radius 1 is 1.80 bits per heavy atom. The van der Waals surface area contributed by atoms with Crippen LogP contribution in [0.5, 0.6) is 0 Å². The lowest BCUT2D eigenvalue weighted by Crippen LogP contribution is -2.22. The number of terminal acetylenes is 1. The van der Waals surface area contributed by atoms with Gasteiger partial charge >= 0.3 is 0 Å². The SMILES string of the molecule is C#CC(CC)Nc1cc(=O)c(Cl)nn1C. The number of nitrogens with one attached hydrogen (secondary N) is 1. The lowest BCUT2D eigenvalue weighted by Gasteiger charge is -2.14. The third kappa shape index (κ3) is 2.74. The van der Waals surface area contributed by atoms with Crippen molar-refractivity contribution in [3.8, 4) is 12.3 Å². The van der Waals surface area contributed by atoms with Crippen molar-refractivity contribution in [2.75, 3.05) is 5.32 Å². The largest absolute Gasteiger partial charge is 0.357 e. The smallest absolute Gasteiger partial charge is 0.221 e. The van der Waals surface area contributed by atoms with Gasteiger partial charge in [0.1, 0.15) is 5.82 Å². The number of hydrogen-bond donors (Lipinski definition) is 1. The molecule has 0 spiro atoms. The van der Waals surface area contributed by atoms with Crippen LogP contribution >= 0.6 is 11.6 Å². The van der Waals surface area contributed by atoms with E-state index in [0.717, 1.165) is 6.42 Å². The van der Waals surface area contributed by atoms with Crippen molar-refractivity contribution >= 4 is 17.4 Å². The Morgan fingerprint density at radius 3 is 3.00 bits per heavy atom. The van der Waals surface area contributed by atoms with Crippen molar-refractivity contribution in [1.29, 1.82) is 0 Å². The van der Waals surface area contributed by atoms with Crippen molar-refractivity contribution in [2.24, 2.45) is 7.05 Å². The molecule has 1 rings (SSSR count). The highest BCUT2D eigenvalue weighted by atomic mass is 35.5. The Kier molecular flexibility index (Phi) is 3.75. The van der Waals surface area contributed by atoms with Gasteiger partial charge < -0.3 is 5.32 Å². The molecule has 0 amide bonds. The molecule has 15 heavy (non-hydrogen) atoms. The van der Waals surface area contributed by atoms with Crippen molar-refractivity contribution in [2.45, 2.75) is 19.4 Å². The summed E-state index contributed by atoms with van der Waals surface area (Å²) in [6.45, 7) is 1.96. The molecule has 1 aromatic heterocycles. The summed E-state index contributed by atoms with van der Waals surface area (Å²) < 4.78 is 1.49. The van der Waals surface area contributed by atoms with Crippen LogP contribution in [0.3, 0.4) is 0 Å². The molecule has 0 bridgehead atoms. The van der Waals surface area contributed by atoms with Gasteiger partial charge in [-0.25, -0.2) is 0 Å². The van der Waals surface area contributed by atoms with Gasteiger partial charge in [-0.1, -0.05) is 24.4 Å². The van der Waals surface area contributed by atoms with E-state index < -0.39 is 0 Å². The third-order valence-electron chi connectivity index (χ3n) is 1.99. The maximum Gasteiger partial charge on any atom is 0.221 e. The predicted molar refractivity (Wildman–Crippen MR) is 61.0 cm³/mol. The molecule has 0 radical (unpaired) electrons. The molecular formula is C10H12ClN3O. The topological polar surface area (TPSA) is 46.9 Å². The molecule has 1 heterocycles. The Balaban J connectivity index is 3.01. The second-order valence-electron chi connectivity index (χ2n) is 3.08. The molecule has 0 aliphatic heterocycles. The van der Waals surface area contributed by atoms with E-state index in [-0.39, 0.29) is 16.6 Å². The van der Waals surface area contributed by atoms with E-state index >= 15 is 0 Å². The first-order valence-electron chi connectivity index (χ1n) is 4.55. The minimum atomic E-state index is -0.316. The highest BCUT2D eigenvalue weighted by Crippen LogP contribution is 2.07. The summed E-state index contributed by atoms with van der Waals surface area (Å²) in [6.07, 6.45) is 6.07. The highest BCUT2D eigenvalue weighted by molar-refractivity contribution is 6.29. The van der Waals surface area contributed by atoms with Crippen LogP contribution in [0.25, 0.3) is 0 Å². The van der Waals surface area contributed by atoms with E-state index in [2.05, 4.69) is 16.3 Å². The average molecular weight is 226 g/mol. The van der Waals surface area contributed by atoms with Crippen LogP contribution < -0.4 is 10.7 Å². The van der Waals surface area contributed by atoms with Crippen molar-refractivity contribution in [3.05, 3.63) is 21.4 Å². The van der Waals surface area contributed by atoms with Crippen molar-refractivity contribution in [3.63, 3.8) is 0 Å². The van der Waals surface area contributed by atoms with Gasteiger partial charge in [-0.2, -0.15) is 5.10 Å². The van der Waals surface area contributed by atoms with Gasteiger partial charge in [0, 0.05) is 13.1 Å². The minimum absolute atomic E-state index is 0.0446. The van der Waals surface area contributed by atoms with Gasteiger partial charge in [-0.15, -0.1) is 6.42 Å². The molecule has 0 fully saturated rings. The zero-order valence-corrected chi connectivity index (χ0v) is 9.38. The number of aryl methyl sites for hydroxylation is 1. The van der Waals surface area contributed by atoms with Crippen LogP contribution in [0.15, 0.2) is 10.9 Å². The first-order valence-corrected chi connectivity index (χ1v) is 4.92. The van der Waals surface area contributed by atoms with E-state index in [1.165, 1.54) is 10.7 Å². The number of aromatic nitrogens is 2. The van der Waals surface area contributed by atoms with Gasteiger partial charge in [-0.3, -0.25) is 9.48 Å². The van der Waals surface area contributed by atoms with Gasteiger partial charge in [0.2, 0.25) is 5.43 Å². The summed E-state index contributed by atoms with van der Waals surface area (Å²) >= 11 is 5.58. The number of halogens is 1. The Labute approximate surface area is 93.3 Å². The van der Waals surface area contributed by atoms with E-state index in [1.54, 1.807) is 7.05 Å². The van der Waals surface area contributed by atoms with Gasteiger partial charge in [0.25, 0.3) is 0 Å². The van der Waals surface area contributed by atoms with E-state index in [0.29, 0.717) is 5.82 Å². The van der Waals surface area contributed by atoms with Crippen molar-refractivity contribution in [1.82, 2.24) is 9.78 Å². The van der Waals surface area contributed by atoms with Gasteiger partial charge in [-0.05, 0) is 6.42 Å². The number of hydrogen-bond acceptors (Lipinski definition) is 3. The Morgan fingerprint density at radius 2 is 2.47 bits per heavy atom. The van der Waals surface area contributed by atoms with Crippen molar-refractivity contribution < 1.29 is 0 Å². The molecule has 0 aliphatic rings. The lowest BCUT2D eigenvalue weighted by atomic mass is 10.2. The monoisotopic (exact) mass is 225 g/mol. The maximum absolute atomic E-state index is 11.3. The van der Waals surface area contributed by atoms with Crippen LogP contribution in [0.4, 0.5) is 5.82 Å². The molecular weight excluding hydrogens is 214 g/mol. The number of anilines is 1. The molecule has 0 saturated carbocycles. The van der Waals surface area contributed by atoms with Gasteiger partial charge in [0.05, 0.1) is 6.04 Å². The third-order valence-corrected chi connectivity index (χ3v) is 2.25. The number of rotatable bonds is 3. The standard InChI is InChI=1S/C10H12ClN3O/c1-4-7(5-2)12-9-6-8(15)10(11)13-14(9)3/h1,6-7,12H,5H2,2-3H3. The molecule has 0 aliphatic carbocycles. The molecule has 1 atom stereocenters. The quantitative estimate of drug-likeness (QED) is 0.788. The fourth-order valence-electron chi connectivity index (χ4n) is 1.09.